The van der Waals surface area contributed by atoms with Gasteiger partial charge in [0, 0.05) is 12.7 Å². The van der Waals surface area contributed by atoms with Crippen LogP contribution in [-0.2, 0) is 6.42 Å². The number of hydrogen-bond donors (Lipinski definition) is 1. The number of aromatic nitrogens is 3. The Morgan fingerprint density at radius 2 is 2.39 bits per heavy atom. The summed E-state index contributed by atoms with van der Waals surface area (Å²) in [5, 5.41) is 13.7. The third-order valence-electron chi connectivity index (χ3n) is 3.26. The van der Waals surface area contributed by atoms with E-state index in [1.165, 1.54) is 17.7 Å². The number of pyridine rings is 1. The standard InChI is InChI=1S/C13H16N4S/c1-2-14-13-17-16-12(18-13)10-7-3-5-9-6-4-8-15-11(9)10/h4,6,8,10H,2-3,5,7H2,1H3,(H,14,17). The van der Waals surface area contributed by atoms with Crippen molar-refractivity contribution < 1.29 is 0 Å². The second kappa shape index (κ2) is 5.02. The number of fused-ring (bicyclic) bond motifs is 1. The smallest absolute Gasteiger partial charge is 0.205 e. The summed E-state index contributed by atoms with van der Waals surface area (Å²) in [6.07, 6.45) is 5.35. The Balaban J connectivity index is 1.92. The van der Waals surface area contributed by atoms with Gasteiger partial charge in [-0.2, -0.15) is 0 Å². The van der Waals surface area contributed by atoms with Crippen LogP contribution in [0.5, 0.6) is 0 Å². The molecule has 18 heavy (non-hydrogen) atoms. The molecule has 94 valence electrons. The third-order valence-corrected chi connectivity index (χ3v) is 4.26. The van der Waals surface area contributed by atoms with Gasteiger partial charge >= 0.3 is 0 Å². The molecule has 1 aliphatic rings. The van der Waals surface area contributed by atoms with Crippen molar-refractivity contribution in [3.63, 3.8) is 0 Å². The molecule has 2 aromatic heterocycles. The summed E-state index contributed by atoms with van der Waals surface area (Å²) >= 11 is 1.65. The molecule has 2 heterocycles. The minimum atomic E-state index is 0.333. The van der Waals surface area contributed by atoms with E-state index in [4.69, 9.17) is 0 Å². The van der Waals surface area contributed by atoms with E-state index < -0.39 is 0 Å². The first-order valence-corrected chi connectivity index (χ1v) is 7.21. The van der Waals surface area contributed by atoms with Gasteiger partial charge in [-0.1, -0.05) is 17.4 Å². The number of anilines is 1. The SMILES string of the molecule is CCNc1nnc(C2CCCc3cccnc32)s1. The maximum Gasteiger partial charge on any atom is 0.205 e. The number of rotatable bonds is 3. The summed E-state index contributed by atoms with van der Waals surface area (Å²) in [6.45, 7) is 2.95. The van der Waals surface area contributed by atoms with Crippen molar-refractivity contribution in [1.82, 2.24) is 15.2 Å². The molecule has 1 aliphatic carbocycles. The fraction of sp³-hybridized carbons (Fsp3) is 0.462. The summed E-state index contributed by atoms with van der Waals surface area (Å²) in [6, 6.07) is 4.20. The number of nitrogens with zero attached hydrogens (tertiary/aromatic N) is 3. The van der Waals surface area contributed by atoms with Crippen LogP contribution >= 0.6 is 11.3 Å². The monoisotopic (exact) mass is 260 g/mol. The Morgan fingerprint density at radius 1 is 1.44 bits per heavy atom. The normalized spacial score (nSPS) is 18.4. The summed E-state index contributed by atoms with van der Waals surface area (Å²) in [4.78, 5) is 4.55. The average molecular weight is 260 g/mol. The van der Waals surface area contributed by atoms with Crippen LogP contribution in [0.1, 0.15) is 41.9 Å². The second-order valence-electron chi connectivity index (χ2n) is 4.47. The summed E-state index contributed by atoms with van der Waals surface area (Å²) < 4.78 is 0. The van der Waals surface area contributed by atoms with Crippen LogP contribution in [0.4, 0.5) is 5.13 Å². The van der Waals surface area contributed by atoms with Gasteiger partial charge in [0.25, 0.3) is 0 Å². The van der Waals surface area contributed by atoms with Crippen LogP contribution in [0.3, 0.4) is 0 Å². The average Bonchev–Trinajstić information content (AvgIpc) is 2.87. The Morgan fingerprint density at radius 3 is 3.28 bits per heavy atom. The summed E-state index contributed by atoms with van der Waals surface area (Å²) in [7, 11) is 0. The largest absolute Gasteiger partial charge is 0.360 e. The molecule has 2 aromatic rings. The number of hydrogen-bond acceptors (Lipinski definition) is 5. The van der Waals surface area contributed by atoms with Crippen molar-refractivity contribution >= 4 is 16.5 Å². The van der Waals surface area contributed by atoms with E-state index in [1.54, 1.807) is 11.3 Å². The van der Waals surface area contributed by atoms with Crippen molar-refractivity contribution in [2.45, 2.75) is 32.1 Å². The van der Waals surface area contributed by atoms with Crippen molar-refractivity contribution in [1.29, 1.82) is 0 Å². The molecule has 0 aliphatic heterocycles. The van der Waals surface area contributed by atoms with E-state index in [2.05, 4.69) is 33.5 Å². The topological polar surface area (TPSA) is 50.7 Å². The zero-order valence-corrected chi connectivity index (χ0v) is 11.2. The zero-order valence-electron chi connectivity index (χ0n) is 10.4. The predicted molar refractivity (Wildman–Crippen MR) is 73.1 cm³/mol. The number of nitrogens with one attached hydrogen (secondary N) is 1. The summed E-state index contributed by atoms with van der Waals surface area (Å²) in [5.74, 6) is 0.333. The highest BCUT2D eigenvalue weighted by Gasteiger charge is 2.25. The molecule has 4 nitrogen and oxygen atoms in total. The quantitative estimate of drug-likeness (QED) is 0.922. The molecule has 0 amide bonds. The van der Waals surface area contributed by atoms with Gasteiger partial charge in [-0.15, -0.1) is 10.2 Å². The van der Waals surface area contributed by atoms with E-state index in [1.807, 2.05) is 12.3 Å². The Labute approximate surface area is 110 Å². The molecule has 0 radical (unpaired) electrons. The van der Waals surface area contributed by atoms with Gasteiger partial charge in [0.1, 0.15) is 5.01 Å². The fourth-order valence-electron chi connectivity index (χ4n) is 2.45. The van der Waals surface area contributed by atoms with Crippen molar-refractivity contribution in [3.05, 3.63) is 34.6 Å². The van der Waals surface area contributed by atoms with E-state index in [0.717, 1.165) is 29.5 Å². The van der Waals surface area contributed by atoms with Crippen LogP contribution in [0.25, 0.3) is 0 Å². The Hall–Kier alpha value is -1.49. The molecule has 0 saturated carbocycles. The molecule has 5 heteroatoms. The van der Waals surface area contributed by atoms with Crippen LogP contribution in [0.15, 0.2) is 18.3 Å². The molecular formula is C13H16N4S. The lowest BCUT2D eigenvalue weighted by atomic mass is 9.87. The first-order chi connectivity index (χ1) is 8.88. The molecule has 0 aromatic carbocycles. The van der Waals surface area contributed by atoms with Crippen molar-refractivity contribution in [2.24, 2.45) is 0 Å². The van der Waals surface area contributed by atoms with Gasteiger partial charge in [-0.05, 0) is 37.8 Å². The van der Waals surface area contributed by atoms with E-state index in [9.17, 15) is 0 Å². The van der Waals surface area contributed by atoms with Gasteiger partial charge in [0.05, 0.1) is 11.6 Å². The molecule has 0 saturated heterocycles. The Bertz CT molecular complexity index is 537. The first kappa shape index (κ1) is 11.6. The zero-order chi connectivity index (χ0) is 12.4. The highest BCUT2D eigenvalue weighted by atomic mass is 32.1. The minimum Gasteiger partial charge on any atom is -0.360 e. The lowest BCUT2D eigenvalue weighted by molar-refractivity contribution is 0.592. The minimum absolute atomic E-state index is 0.333. The van der Waals surface area contributed by atoms with Crippen LogP contribution < -0.4 is 5.32 Å². The van der Waals surface area contributed by atoms with E-state index >= 15 is 0 Å². The van der Waals surface area contributed by atoms with Crippen LogP contribution in [0, 0.1) is 0 Å². The summed E-state index contributed by atoms with van der Waals surface area (Å²) in [5.41, 5.74) is 2.57. The molecular weight excluding hydrogens is 244 g/mol. The van der Waals surface area contributed by atoms with Gasteiger partial charge in [-0.25, -0.2) is 0 Å². The van der Waals surface area contributed by atoms with Gasteiger partial charge in [-0.3, -0.25) is 4.98 Å². The maximum atomic E-state index is 4.55. The third kappa shape index (κ3) is 2.10. The molecule has 3 rings (SSSR count). The van der Waals surface area contributed by atoms with Gasteiger partial charge in [0.15, 0.2) is 0 Å². The van der Waals surface area contributed by atoms with Crippen molar-refractivity contribution in [3.8, 4) is 0 Å². The Kier molecular flexibility index (Phi) is 3.23. The molecule has 0 spiro atoms. The van der Waals surface area contributed by atoms with E-state index in [-0.39, 0.29) is 0 Å². The molecule has 1 N–H and O–H groups in total. The number of aryl methyl sites for hydroxylation is 1. The van der Waals surface area contributed by atoms with Crippen molar-refractivity contribution in [2.75, 3.05) is 11.9 Å². The van der Waals surface area contributed by atoms with Crippen LogP contribution in [0.2, 0.25) is 0 Å². The highest BCUT2D eigenvalue weighted by Crippen LogP contribution is 2.37. The van der Waals surface area contributed by atoms with E-state index in [0.29, 0.717) is 5.92 Å². The first-order valence-electron chi connectivity index (χ1n) is 6.39. The molecule has 1 atom stereocenters. The predicted octanol–water partition coefficient (Wildman–Crippen LogP) is 2.83. The molecule has 0 fully saturated rings. The van der Waals surface area contributed by atoms with Crippen LogP contribution in [-0.4, -0.2) is 21.7 Å². The lowest BCUT2D eigenvalue weighted by Gasteiger charge is -2.21. The molecule has 1 unspecified atom stereocenters. The lowest BCUT2D eigenvalue weighted by Crippen LogP contribution is -2.12. The molecule has 0 bridgehead atoms. The maximum absolute atomic E-state index is 4.55. The van der Waals surface area contributed by atoms with Gasteiger partial charge in [0.2, 0.25) is 5.13 Å². The second-order valence-corrected chi connectivity index (χ2v) is 5.48. The van der Waals surface area contributed by atoms with Gasteiger partial charge < -0.3 is 5.32 Å². The highest BCUT2D eigenvalue weighted by molar-refractivity contribution is 7.15. The fourth-order valence-corrected chi connectivity index (χ4v) is 3.40.